The van der Waals surface area contributed by atoms with E-state index in [2.05, 4.69) is 26.2 Å². The number of hydrogen-bond acceptors (Lipinski definition) is 9. The summed E-state index contributed by atoms with van der Waals surface area (Å²) in [6, 6.07) is 7.21. The summed E-state index contributed by atoms with van der Waals surface area (Å²) >= 11 is 1.31. The van der Waals surface area contributed by atoms with Gasteiger partial charge in [0.1, 0.15) is 5.75 Å². The van der Waals surface area contributed by atoms with E-state index in [1.54, 1.807) is 30.6 Å². The SMILES string of the molecule is CN(C)c1nnc(Oc2cc(C#N)ccc2-c2ncc(CCN)cn2)s1. The highest BCUT2D eigenvalue weighted by Gasteiger charge is 2.14. The van der Waals surface area contributed by atoms with E-state index in [-0.39, 0.29) is 0 Å². The first-order valence-corrected chi connectivity index (χ1v) is 8.66. The van der Waals surface area contributed by atoms with Crippen LogP contribution in [0.5, 0.6) is 10.9 Å². The summed E-state index contributed by atoms with van der Waals surface area (Å²) in [5.41, 5.74) is 7.66. The molecule has 0 unspecified atom stereocenters. The third-order valence-electron chi connectivity index (χ3n) is 3.47. The predicted molar refractivity (Wildman–Crippen MR) is 99.3 cm³/mol. The second kappa shape index (κ2) is 7.86. The zero-order valence-electron chi connectivity index (χ0n) is 14.4. The molecule has 1 aromatic carbocycles. The number of nitriles is 1. The molecule has 26 heavy (non-hydrogen) atoms. The predicted octanol–water partition coefficient (Wildman–Crippen LogP) is 2.23. The molecule has 2 aromatic heterocycles. The number of rotatable bonds is 6. The highest BCUT2D eigenvalue weighted by atomic mass is 32.1. The minimum atomic E-state index is 0.379. The molecule has 0 saturated carbocycles. The van der Waals surface area contributed by atoms with Crippen LogP contribution in [-0.4, -0.2) is 40.8 Å². The standard InChI is InChI=1S/C17H17N7OS/c1-24(2)16-22-23-17(26-16)25-14-7-11(8-19)3-4-13(14)15-20-9-12(5-6-18)10-21-15/h3-4,7,9-10H,5-6,18H2,1-2H3. The van der Waals surface area contributed by atoms with Crippen LogP contribution in [0.1, 0.15) is 11.1 Å². The second-order valence-electron chi connectivity index (χ2n) is 5.62. The first kappa shape index (κ1) is 17.7. The van der Waals surface area contributed by atoms with Crippen molar-refractivity contribution in [3.8, 4) is 28.4 Å². The van der Waals surface area contributed by atoms with Gasteiger partial charge in [0, 0.05) is 26.5 Å². The van der Waals surface area contributed by atoms with Gasteiger partial charge in [-0.15, -0.1) is 5.10 Å². The lowest BCUT2D eigenvalue weighted by Gasteiger charge is -2.09. The Morgan fingerprint density at radius 2 is 2.00 bits per heavy atom. The molecule has 3 aromatic rings. The third-order valence-corrected chi connectivity index (χ3v) is 4.43. The Kier molecular flexibility index (Phi) is 5.36. The number of nitrogens with two attached hydrogens (primary N) is 1. The Morgan fingerprint density at radius 3 is 2.62 bits per heavy atom. The van der Waals surface area contributed by atoms with Gasteiger partial charge in [-0.3, -0.25) is 0 Å². The zero-order chi connectivity index (χ0) is 18.5. The highest BCUT2D eigenvalue weighted by Crippen LogP contribution is 2.35. The van der Waals surface area contributed by atoms with Gasteiger partial charge in [-0.05, 0) is 48.1 Å². The van der Waals surface area contributed by atoms with Crippen molar-refractivity contribution in [2.75, 3.05) is 25.5 Å². The fourth-order valence-corrected chi connectivity index (χ4v) is 2.80. The quantitative estimate of drug-likeness (QED) is 0.705. The summed E-state index contributed by atoms with van der Waals surface area (Å²) in [6.45, 7) is 0.541. The lowest BCUT2D eigenvalue weighted by Crippen LogP contribution is -2.07. The van der Waals surface area contributed by atoms with Gasteiger partial charge in [0.15, 0.2) is 5.82 Å². The van der Waals surface area contributed by atoms with Gasteiger partial charge in [0.2, 0.25) is 5.13 Å². The van der Waals surface area contributed by atoms with Crippen LogP contribution >= 0.6 is 11.3 Å². The van der Waals surface area contributed by atoms with Crippen molar-refractivity contribution in [2.45, 2.75) is 6.42 Å². The average Bonchev–Trinajstić information content (AvgIpc) is 3.12. The van der Waals surface area contributed by atoms with Crippen molar-refractivity contribution in [1.82, 2.24) is 20.2 Å². The average molecular weight is 367 g/mol. The van der Waals surface area contributed by atoms with Crippen LogP contribution in [0.15, 0.2) is 30.6 Å². The molecule has 0 saturated heterocycles. The molecule has 8 nitrogen and oxygen atoms in total. The first-order chi connectivity index (χ1) is 12.6. The molecular weight excluding hydrogens is 350 g/mol. The number of aromatic nitrogens is 4. The molecular formula is C17H17N7OS. The number of benzene rings is 1. The fraction of sp³-hybridized carbons (Fsp3) is 0.235. The molecule has 0 bridgehead atoms. The smallest absolute Gasteiger partial charge is 0.301 e. The zero-order valence-corrected chi connectivity index (χ0v) is 15.2. The van der Waals surface area contributed by atoms with Gasteiger partial charge in [-0.1, -0.05) is 5.10 Å². The number of ether oxygens (including phenoxy) is 1. The molecule has 2 heterocycles. The molecule has 0 atom stereocenters. The number of hydrogen-bond donors (Lipinski definition) is 1. The van der Waals surface area contributed by atoms with Crippen molar-refractivity contribution in [3.63, 3.8) is 0 Å². The van der Waals surface area contributed by atoms with E-state index in [1.165, 1.54) is 11.3 Å². The van der Waals surface area contributed by atoms with E-state index in [1.807, 2.05) is 19.0 Å². The monoisotopic (exact) mass is 367 g/mol. The maximum Gasteiger partial charge on any atom is 0.301 e. The van der Waals surface area contributed by atoms with E-state index >= 15 is 0 Å². The van der Waals surface area contributed by atoms with Crippen molar-refractivity contribution in [2.24, 2.45) is 5.73 Å². The summed E-state index contributed by atoms with van der Waals surface area (Å²) in [4.78, 5) is 10.6. The molecule has 0 fully saturated rings. The largest absolute Gasteiger partial charge is 0.429 e. The van der Waals surface area contributed by atoms with E-state index in [0.717, 1.165) is 17.1 Å². The van der Waals surface area contributed by atoms with E-state index in [0.29, 0.717) is 34.4 Å². The second-order valence-corrected chi connectivity index (χ2v) is 6.54. The van der Waals surface area contributed by atoms with Gasteiger partial charge < -0.3 is 15.4 Å². The summed E-state index contributed by atoms with van der Waals surface area (Å²) in [5, 5.41) is 18.4. The van der Waals surface area contributed by atoms with E-state index < -0.39 is 0 Å². The van der Waals surface area contributed by atoms with E-state index in [9.17, 15) is 5.26 Å². The van der Waals surface area contributed by atoms with E-state index in [4.69, 9.17) is 10.5 Å². The minimum Gasteiger partial charge on any atom is -0.429 e. The van der Waals surface area contributed by atoms with Crippen LogP contribution in [0.3, 0.4) is 0 Å². The Morgan fingerprint density at radius 1 is 1.23 bits per heavy atom. The van der Waals surface area contributed by atoms with Crippen LogP contribution < -0.4 is 15.4 Å². The van der Waals surface area contributed by atoms with Gasteiger partial charge in [0.25, 0.3) is 0 Å². The van der Waals surface area contributed by atoms with Crippen LogP contribution in [0.4, 0.5) is 5.13 Å². The summed E-state index contributed by atoms with van der Waals surface area (Å²) in [7, 11) is 3.76. The van der Waals surface area contributed by atoms with Crippen molar-refractivity contribution >= 4 is 16.5 Å². The van der Waals surface area contributed by atoms with Crippen molar-refractivity contribution in [1.29, 1.82) is 5.26 Å². The summed E-state index contributed by atoms with van der Waals surface area (Å²) in [6.07, 6.45) is 4.20. The Hall–Kier alpha value is -3.09. The summed E-state index contributed by atoms with van der Waals surface area (Å²) in [5.74, 6) is 0.958. The molecule has 0 radical (unpaired) electrons. The number of nitrogens with zero attached hydrogens (tertiary/aromatic N) is 6. The fourth-order valence-electron chi connectivity index (χ4n) is 2.17. The maximum atomic E-state index is 9.18. The molecule has 9 heteroatoms. The molecule has 2 N–H and O–H groups in total. The minimum absolute atomic E-state index is 0.379. The molecule has 3 rings (SSSR count). The molecule has 132 valence electrons. The Bertz CT molecular complexity index is 931. The molecule has 0 aliphatic rings. The van der Waals surface area contributed by atoms with Gasteiger partial charge in [-0.25, -0.2) is 9.97 Å². The molecule has 0 aliphatic heterocycles. The van der Waals surface area contributed by atoms with Crippen molar-refractivity contribution < 1.29 is 4.74 Å². The molecule has 0 aliphatic carbocycles. The summed E-state index contributed by atoms with van der Waals surface area (Å²) < 4.78 is 5.88. The molecule has 0 amide bonds. The van der Waals surface area contributed by atoms with Crippen LogP contribution in [-0.2, 0) is 6.42 Å². The van der Waals surface area contributed by atoms with Crippen LogP contribution in [0.25, 0.3) is 11.4 Å². The van der Waals surface area contributed by atoms with Gasteiger partial charge >= 0.3 is 5.19 Å². The molecule has 0 spiro atoms. The maximum absolute atomic E-state index is 9.18. The van der Waals surface area contributed by atoms with Crippen LogP contribution in [0, 0.1) is 11.3 Å². The third kappa shape index (κ3) is 3.93. The lowest BCUT2D eigenvalue weighted by atomic mass is 10.1. The first-order valence-electron chi connectivity index (χ1n) is 7.85. The van der Waals surface area contributed by atoms with Crippen molar-refractivity contribution in [3.05, 3.63) is 41.7 Å². The highest BCUT2D eigenvalue weighted by molar-refractivity contribution is 7.16. The number of anilines is 1. The van der Waals surface area contributed by atoms with Gasteiger partial charge in [-0.2, -0.15) is 5.26 Å². The topological polar surface area (TPSA) is 114 Å². The Balaban J connectivity index is 1.95. The van der Waals surface area contributed by atoms with Gasteiger partial charge in [0.05, 0.1) is 17.2 Å². The Labute approximate surface area is 154 Å². The van der Waals surface area contributed by atoms with Crippen LogP contribution in [0.2, 0.25) is 0 Å². The lowest BCUT2D eigenvalue weighted by molar-refractivity contribution is 0.474. The normalized spacial score (nSPS) is 10.4.